The highest BCUT2D eigenvalue weighted by Gasteiger charge is 2.13. The zero-order valence-corrected chi connectivity index (χ0v) is 12.6. The molecule has 0 amide bonds. The molecule has 0 unspecified atom stereocenters. The van der Waals surface area contributed by atoms with Crippen molar-refractivity contribution in [2.45, 2.75) is 0 Å². The lowest BCUT2D eigenvalue weighted by Crippen LogP contribution is -1.95. The maximum Gasteiger partial charge on any atom is 0.191 e. The Morgan fingerprint density at radius 1 is 1.00 bits per heavy atom. The van der Waals surface area contributed by atoms with E-state index < -0.39 is 5.82 Å². The van der Waals surface area contributed by atoms with Crippen LogP contribution in [0.25, 0.3) is 28.0 Å². The lowest BCUT2D eigenvalue weighted by Gasteiger charge is -2.10. The second kappa shape index (κ2) is 5.44. The number of hydrogen-bond acceptors (Lipinski definition) is 3. The minimum absolute atomic E-state index is 0.196. The zero-order chi connectivity index (χ0) is 15.8. The fourth-order valence-corrected chi connectivity index (χ4v) is 2.73. The number of benzene rings is 1. The Balaban J connectivity index is 1.95. The molecule has 0 spiro atoms. The zero-order valence-electron chi connectivity index (χ0n) is 11.8. The smallest absolute Gasteiger partial charge is 0.191 e. The Morgan fingerprint density at radius 2 is 1.91 bits per heavy atom. The quantitative estimate of drug-likeness (QED) is 0.553. The first-order chi connectivity index (χ1) is 11.2. The summed E-state index contributed by atoms with van der Waals surface area (Å²) in [7, 11) is 0. The molecular formula is C17H10ClFN4. The van der Waals surface area contributed by atoms with Crippen LogP contribution in [0.1, 0.15) is 0 Å². The highest BCUT2D eigenvalue weighted by molar-refractivity contribution is 6.30. The van der Waals surface area contributed by atoms with Crippen molar-refractivity contribution in [3.05, 3.63) is 72.0 Å². The Kier molecular flexibility index (Phi) is 3.28. The molecule has 0 radical (unpaired) electrons. The molecule has 1 aromatic carbocycles. The van der Waals surface area contributed by atoms with Gasteiger partial charge in [-0.05, 0) is 24.3 Å². The molecule has 0 aliphatic carbocycles. The third-order valence-electron chi connectivity index (χ3n) is 3.55. The van der Waals surface area contributed by atoms with Gasteiger partial charge in [0.25, 0.3) is 0 Å². The number of nitrogens with zero attached hydrogens (tertiary/aromatic N) is 4. The van der Waals surface area contributed by atoms with Crippen molar-refractivity contribution >= 4 is 17.2 Å². The predicted molar refractivity (Wildman–Crippen MR) is 86.6 cm³/mol. The molecule has 0 saturated heterocycles. The fourth-order valence-electron chi connectivity index (χ4n) is 2.54. The van der Waals surface area contributed by atoms with Crippen molar-refractivity contribution in [1.82, 2.24) is 19.6 Å². The van der Waals surface area contributed by atoms with Crippen molar-refractivity contribution in [3.63, 3.8) is 0 Å². The maximum absolute atomic E-state index is 14.2. The minimum atomic E-state index is -0.430. The molecular weight excluding hydrogens is 315 g/mol. The minimum Gasteiger partial charge on any atom is -0.256 e. The molecule has 0 bridgehead atoms. The van der Waals surface area contributed by atoms with Crippen LogP contribution in [0.2, 0.25) is 5.02 Å². The normalized spacial score (nSPS) is 11.0. The largest absolute Gasteiger partial charge is 0.256 e. The van der Waals surface area contributed by atoms with Crippen LogP contribution in [-0.4, -0.2) is 19.6 Å². The van der Waals surface area contributed by atoms with E-state index in [0.29, 0.717) is 10.6 Å². The summed E-state index contributed by atoms with van der Waals surface area (Å²) in [5, 5.41) is 4.63. The Bertz CT molecular complexity index is 1010. The van der Waals surface area contributed by atoms with Gasteiger partial charge in [-0.2, -0.15) is 5.10 Å². The van der Waals surface area contributed by atoms with Gasteiger partial charge >= 0.3 is 0 Å². The molecule has 6 heteroatoms. The Labute approximate surface area is 136 Å². The number of hydrogen-bond donors (Lipinski definition) is 0. The van der Waals surface area contributed by atoms with Crippen LogP contribution in [0.5, 0.6) is 0 Å². The van der Waals surface area contributed by atoms with E-state index in [0.717, 1.165) is 16.8 Å². The number of rotatable bonds is 2. The summed E-state index contributed by atoms with van der Waals surface area (Å²) in [5.74, 6) is -0.430. The molecule has 0 fully saturated rings. The van der Waals surface area contributed by atoms with Crippen molar-refractivity contribution < 1.29 is 4.39 Å². The van der Waals surface area contributed by atoms with Crippen molar-refractivity contribution in [2.75, 3.05) is 0 Å². The van der Waals surface area contributed by atoms with E-state index in [1.54, 1.807) is 18.5 Å². The van der Waals surface area contributed by atoms with Gasteiger partial charge in [-0.1, -0.05) is 29.8 Å². The van der Waals surface area contributed by atoms with Gasteiger partial charge in [0.05, 0.1) is 5.69 Å². The van der Waals surface area contributed by atoms with Gasteiger partial charge in [-0.15, -0.1) is 0 Å². The molecule has 0 saturated carbocycles. The topological polar surface area (TPSA) is 43.1 Å². The number of halogens is 2. The van der Waals surface area contributed by atoms with Crippen LogP contribution in [0.4, 0.5) is 4.39 Å². The monoisotopic (exact) mass is 324 g/mol. The lowest BCUT2D eigenvalue weighted by atomic mass is 10.0. The third kappa shape index (κ3) is 2.45. The van der Waals surface area contributed by atoms with Gasteiger partial charge in [0.15, 0.2) is 11.5 Å². The van der Waals surface area contributed by atoms with Crippen molar-refractivity contribution in [2.24, 2.45) is 0 Å². The fraction of sp³-hybridized carbons (Fsp3) is 0. The molecule has 4 nitrogen and oxygen atoms in total. The predicted octanol–water partition coefficient (Wildman–Crippen LogP) is 4.25. The van der Waals surface area contributed by atoms with E-state index in [-0.39, 0.29) is 5.65 Å². The highest BCUT2D eigenvalue weighted by atomic mass is 35.5. The van der Waals surface area contributed by atoms with E-state index in [4.69, 9.17) is 11.6 Å². The van der Waals surface area contributed by atoms with Crippen LogP contribution >= 0.6 is 11.6 Å². The summed E-state index contributed by atoms with van der Waals surface area (Å²) in [4.78, 5) is 8.33. The summed E-state index contributed by atoms with van der Waals surface area (Å²) < 4.78 is 15.6. The molecule has 0 aliphatic heterocycles. The number of fused-ring (bicyclic) bond motifs is 1. The summed E-state index contributed by atoms with van der Waals surface area (Å²) in [5.41, 5.74) is 3.26. The Hall–Kier alpha value is -2.79. The summed E-state index contributed by atoms with van der Waals surface area (Å²) >= 11 is 6.07. The van der Waals surface area contributed by atoms with Gasteiger partial charge in [-0.3, -0.25) is 4.98 Å². The number of pyridine rings is 2. The average Bonchev–Trinajstić information content (AvgIpc) is 3.04. The standard InChI is InChI=1S/C17H10ClFN4/c18-13-4-1-3-11(7-13)16-14(5-2-6-20-16)12-8-15(19)17-21-10-22-23(17)9-12/h1-10H. The molecule has 4 rings (SSSR count). The molecule has 0 N–H and O–H groups in total. The SMILES string of the molecule is Fc1cc(-c2cccnc2-c2cccc(Cl)c2)cn2ncnc12. The van der Waals surface area contributed by atoms with E-state index in [2.05, 4.69) is 15.1 Å². The molecule has 112 valence electrons. The lowest BCUT2D eigenvalue weighted by molar-refractivity contribution is 0.628. The van der Waals surface area contributed by atoms with Crippen molar-refractivity contribution in [3.8, 4) is 22.4 Å². The van der Waals surface area contributed by atoms with Crippen LogP contribution in [0.3, 0.4) is 0 Å². The Morgan fingerprint density at radius 3 is 2.78 bits per heavy atom. The number of aromatic nitrogens is 4. The van der Waals surface area contributed by atoms with Gasteiger partial charge in [0.1, 0.15) is 6.33 Å². The molecule has 0 aliphatic rings. The van der Waals surface area contributed by atoms with Crippen LogP contribution in [0, 0.1) is 5.82 Å². The molecule has 4 aromatic rings. The summed E-state index contributed by atoms with van der Waals surface area (Å²) in [6.45, 7) is 0. The van der Waals surface area contributed by atoms with E-state index in [9.17, 15) is 4.39 Å². The second-order valence-corrected chi connectivity index (χ2v) is 5.45. The second-order valence-electron chi connectivity index (χ2n) is 5.01. The van der Waals surface area contributed by atoms with E-state index >= 15 is 0 Å². The molecule has 3 heterocycles. The average molecular weight is 325 g/mol. The third-order valence-corrected chi connectivity index (χ3v) is 3.78. The first-order valence-electron chi connectivity index (χ1n) is 6.92. The van der Waals surface area contributed by atoms with E-state index in [1.165, 1.54) is 16.9 Å². The summed E-state index contributed by atoms with van der Waals surface area (Å²) in [6.07, 6.45) is 4.75. The van der Waals surface area contributed by atoms with Gasteiger partial charge in [0, 0.05) is 34.1 Å². The summed E-state index contributed by atoms with van der Waals surface area (Å²) in [6, 6.07) is 12.6. The van der Waals surface area contributed by atoms with Gasteiger partial charge in [0.2, 0.25) is 0 Å². The van der Waals surface area contributed by atoms with E-state index in [1.807, 2.05) is 30.3 Å². The van der Waals surface area contributed by atoms with Crippen LogP contribution < -0.4 is 0 Å². The molecule has 3 aromatic heterocycles. The van der Waals surface area contributed by atoms with Crippen LogP contribution in [-0.2, 0) is 0 Å². The molecule has 23 heavy (non-hydrogen) atoms. The highest BCUT2D eigenvalue weighted by Crippen LogP contribution is 2.31. The van der Waals surface area contributed by atoms with Crippen LogP contribution in [0.15, 0.2) is 61.2 Å². The maximum atomic E-state index is 14.2. The van der Waals surface area contributed by atoms with Crippen molar-refractivity contribution in [1.29, 1.82) is 0 Å². The first kappa shape index (κ1) is 13.8. The van der Waals surface area contributed by atoms with Gasteiger partial charge < -0.3 is 0 Å². The molecule has 0 atom stereocenters. The first-order valence-corrected chi connectivity index (χ1v) is 7.30. The van der Waals surface area contributed by atoms with Gasteiger partial charge in [-0.25, -0.2) is 13.9 Å².